The van der Waals surface area contributed by atoms with E-state index in [1.54, 1.807) is 24.3 Å². The lowest BCUT2D eigenvalue weighted by Gasteiger charge is -2.17. The van der Waals surface area contributed by atoms with Crippen molar-refractivity contribution in [2.75, 3.05) is 0 Å². The van der Waals surface area contributed by atoms with Gasteiger partial charge in [-0.25, -0.2) is 17.8 Å². The molecule has 0 bridgehead atoms. The molecule has 4 aromatic rings. The summed E-state index contributed by atoms with van der Waals surface area (Å²) >= 11 is 0. The quantitative estimate of drug-likeness (QED) is 0.384. The SMILES string of the molecule is O=S(=O)(/C=C/c1ccccc1)N(Cc1coc(-c2cccc(F)c2)n1)Cc1ccco1. The highest BCUT2D eigenvalue weighted by Crippen LogP contribution is 2.22. The standard InChI is InChI=1S/C23H19FN2O4S/c24-20-9-4-8-19(14-20)23-25-21(17-30-23)15-26(16-22-10-5-12-29-22)31(27,28)13-11-18-6-2-1-3-7-18/h1-14,17H,15-16H2/b13-11+. The zero-order valence-corrected chi connectivity index (χ0v) is 17.2. The van der Waals surface area contributed by atoms with Crippen LogP contribution < -0.4 is 0 Å². The van der Waals surface area contributed by atoms with Crippen molar-refractivity contribution in [1.29, 1.82) is 0 Å². The lowest BCUT2D eigenvalue weighted by atomic mass is 10.2. The van der Waals surface area contributed by atoms with Crippen LogP contribution in [0.4, 0.5) is 4.39 Å². The van der Waals surface area contributed by atoms with Gasteiger partial charge in [-0.1, -0.05) is 36.4 Å². The molecule has 0 saturated carbocycles. The van der Waals surface area contributed by atoms with E-state index in [2.05, 4.69) is 4.98 Å². The first-order chi connectivity index (χ1) is 15.0. The fourth-order valence-electron chi connectivity index (χ4n) is 2.94. The Morgan fingerprint density at radius 1 is 0.968 bits per heavy atom. The molecule has 2 heterocycles. The third-order valence-corrected chi connectivity index (χ3v) is 5.92. The average Bonchev–Trinajstić information content (AvgIpc) is 3.45. The van der Waals surface area contributed by atoms with Crippen molar-refractivity contribution in [2.24, 2.45) is 0 Å². The molecule has 6 nitrogen and oxygen atoms in total. The molecule has 0 N–H and O–H groups in total. The van der Waals surface area contributed by atoms with Crippen molar-refractivity contribution in [2.45, 2.75) is 13.1 Å². The van der Waals surface area contributed by atoms with Crippen molar-refractivity contribution in [3.05, 3.63) is 107 Å². The number of oxazole rings is 1. The number of rotatable bonds is 8. The number of benzene rings is 2. The second-order valence-electron chi connectivity index (χ2n) is 6.76. The summed E-state index contributed by atoms with van der Waals surface area (Å²) in [5, 5.41) is 1.15. The first-order valence-electron chi connectivity index (χ1n) is 9.46. The molecule has 0 aliphatic carbocycles. The highest BCUT2D eigenvalue weighted by Gasteiger charge is 2.23. The third-order valence-electron chi connectivity index (χ3n) is 4.47. The maximum Gasteiger partial charge on any atom is 0.237 e. The fraction of sp³-hybridized carbons (Fsp3) is 0.0870. The zero-order valence-electron chi connectivity index (χ0n) is 16.4. The predicted octanol–water partition coefficient (Wildman–Crippen LogP) is 5.08. The van der Waals surface area contributed by atoms with Gasteiger partial charge < -0.3 is 8.83 Å². The molecular weight excluding hydrogens is 419 g/mol. The minimum absolute atomic E-state index is 0.0244. The summed E-state index contributed by atoms with van der Waals surface area (Å²) in [4.78, 5) is 4.33. The second kappa shape index (κ2) is 9.11. The molecule has 0 unspecified atom stereocenters. The van der Waals surface area contributed by atoms with E-state index < -0.39 is 15.8 Å². The van der Waals surface area contributed by atoms with Crippen LogP contribution in [0.15, 0.2) is 93.5 Å². The van der Waals surface area contributed by atoms with Crippen molar-refractivity contribution in [1.82, 2.24) is 9.29 Å². The van der Waals surface area contributed by atoms with Crippen LogP contribution in [0.2, 0.25) is 0 Å². The third kappa shape index (κ3) is 5.36. The van der Waals surface area contributed by atoms with Crippen molar-refractivity contribution in [3.63, 3.8) is 0 Å². The molecular formula is C23H19FN2O4S. The molecule has 2 aromatic carbocycles. The van der Waals surface area contributed by atoms with Gasteiger partial charge in [0, 0.05) is 11.0 Å². The lowest BCUT2D eigenvalue weighted by Crippen LogP contribution is -2.28. The number of sulfonamides is 1. The van der Waals surface area contributed by atoms with Crippen LogP contribution >= 0.6 is 0 Å². The molecule has 0 spiro atoms. The summed E-state index contributed by atoms with van der Waals surface area (Å²) in [6.45, 7) is -0.0163. The van der Waals surface area contributed by atoms with Crippen molar-refractivity contribution >= 4 is 16.1 Å². The van der Waals surface area contributed by atoms with E-state index in [4.69, 9.17) is 8.83 Å². The molecule has 0 amide bonds. The Morgan fingerprint density at radius 2 is 1.81 bits per heavy atom. The number of hydrogen-bond donors (Lipinski definition) is 0. The fourth-order valence-corrected chi connectivity index (χ4v) is 4.06. The van der Waals surface area contributed by atoms with Gasteiger partial charge in [0.15, 0.2) is 0 Å². The monoisotopic (exact) mass is 438 g/mol. The van der Waals surface area contributed by atoms with Crippen LogP contribution in [0.1, 0.15) is 17.0 Å². The summed E-state index contributed by atoms with van der Waals surface area (Å²) < 4.78 is 51.6. The summed E-state index contributed by atoms with van der Waals surface area (Å²) in [5.41, 5.74) is 1.62. The van der Waals surface area contributed by atoms with Crippen LogP contribution in [0.25, 0.3) is 17.5 Å². The van der Waals surface area contributed by atoms with Gasteiger partial charge in [0.1, 0.15) is 17.8 Å². The van der Waals surface area contributed by atoms with Gasteiger partial charge in [0.2, 0.25) is 15.9 Å². The molecule has 0 saturated heterocycles. The second-order valence-corrected chi connectivity index (χ2v) is 8.58. The van der Waals surface area contributed by atoms with Crippen molar-refractivity contribution in [3.8, 4) is 11.5 Å². The first kappa shape index (κ1) is 20.8. The van der Waals surface area contributed by atoms with Gasteiger partial charge in [-0.15, -0.1) is 0 Å². The summed E-state index contributed by atoms with van der Waals surface area (Å²) in [6, 6.07) is 18.4. The van der Waals surface area contributed by atoms with Crippen LogP contribution in [0.5, 0.6) is 0 Å². The number of furan rings is 1. The van der Waals surface area contributed by atoms with E-state index in [0.717, 1.165) is 11.0 Å². The summed E-state index contributed by atoms with van der Waals surface area (Å²) in [7, 11) is -3.81. The van der Waals surface area contributed by atoms with Gasteiger partial charge in [0.05, 0.1) is 25.0 Å². The Hall–Kier alpha value is -3.49. The van der Waals surface area contributed by atoms with Crippen LogP contribution in [-0.2, 0) is 23.1 Å². The Morgan fingerprint density at radius 3 is 2.55 bits per heavy atom. The molecule has 0 aliphatic rings. The number of halogens is 1. The van der Waals surface area contributed by atoms with Gasteiger partial charge in [-0.05, 0) is 42.0 Å². The highest BCUT2D eigenvalue weighted by molar-refractivity contribution is 7.92. The molecule has 0 radical (unpaired) electrons. The smallest absolute Gasteiger partial charge is 0.237 e. The average molecular weight is 438 g/mol. The van der Waals surface area contributed by atoms with Gasteiger partial charge in [0.25, 0.3) is 0 Å². The maximum absolute atomic E-state index is 13.5. The van der Waals surface area contributed by atoms with Gasteiger partial charge in [-0.3, -0.25) is 0 Å². The van der Waals surface area contributed by atoms with Crippen molar-refractivity contribution < 1.29 is 21.6 Å². The zero-order chi connectivity index (χ0) is 21.7. The Bertz CT molecular complexity index is 1270. The van der Waals surface area contributed by atoms with E-state index >= 15 is 0 Å². The largest absolute Gasteiger partial charge is 0.468 e. The molecule has 158 valence electrons. The predicted molar refractivity (Wildman–Crippen MR) is 114 cm³/mol. The topological polar surface area (TPSA) is 76.6 Å². The number of nitrogens with zero attached hydrogens (tertiary/aromatic N) is 2. The van der Waals surface area contributed by atoms with Crippen LogP contribution in [-0.4, -0.2) is 17.7 Å². The van der Waals surface area contributed by atoms with E-state index in [1.165, 1.54) is 35.0 Å². The molecule has 8 heteroatoms. The van der Waals surface area contributed by atoms with Gasteiger partial charge >= 0.3 is 0 Å². The Kier molecular flexibility index (Phi) is 6.11. The lowest BCUT2D eigenvalue weighted by molar-refractivity contribution is 0.359. The highest BCUT2D eigenvalue weighted by atomic mass is 32.2. The Balaban J connectivity index is 1.59. The maximum atomic E-state index is 13.5. The van der Waals surface area contributed by atoms with Gasteiger partial charge in [-0.2, -0.15) is 4.31 Å². The van der Waals surface area contributed by atoms with E-state index in [-0.39, 0.29) is 19.0 Å². The molecule has 4 rings (SSSR count). The molecule has 0 fully saturated rings. The van der Waals surface area contributed by atoms with E-state index in [0.29, 0.717) is 17.0 Å². The minimum Gasteiger partial charge on any atom is -0.468 e. The Labute approximate surface area is 179 Å². The van der Waals surface area contributed by atoms with Crippen LogP contribution in [0, 0.1) is 5.82 Å². The van der Waals surface area contributed by atoms with Crippen LogP contribution in [0.3, 0.4) is 0 Å². The molecule has 0 atom stereocenters. The molecule has 31 heavy (non-hydrogen) atoms. The first-order valence-corrected chi connectivity index (χ1v) is 11.0. The minimum atomic E-state index is -3.81. The summed E-state index contributed by atoms with van der Waals surface area (Å²) in [6.07, 6.45) is 4.38. The normalized spacial score (nSPS) is 12.1. The molecule has 0 aliphatic heterocycles. The molecule has 2 aromatic heterocycles. The summed E-state index contributed by atoms with van der Waals surface area (Å²) in [5.74, 6) is 0.292. The number of hydrogen-bond acceptors (Lipinski definition) is 5. The number of aromatic nitrogens is 1. The van der Waals surface area contributed by atoms with E-state index in [9.17, 15) is 12.8 Å². The van der Waals surface area contributed by atoms with E-state index in [1.807, 2.05) is 30.3 Å².